The molecule has 5 fully saturated rings. The molecular weight excluding hydrogens is 485 g/mol. The lowest BCUT2D eigenvalue weighted by Crippen LogP contribution is -2.50. The predicted molar refractivity (Wildman–Crippen MR) is 141 cm³/mol. The van der Waals surface area contributed by atoms with E-state index >= 15 is 0 Å². The summed E-state index contributed by atoms with van der Waals surface area (Å²) in [7, 11) is 0. The van der Waals surface area contributed by atoms with Crippen molar-refractivity contribution in [1.29, 1.82) is 0 Å². The fourth-order valence-corrected chi connectivity index (χ4v) is 8.25. The highest BCUT2D eigenvalue weighted by Gasteiger charge is 2.50. The minimum absolute atomic E-state index is 0.103. The molecule has 8 heteroatoms. The summed E-state index contributed by atoms with van der Waals surface area (Å²) in [5.41, 5.74) is 1.82. The van der Waals surface area contributed by atoms with Gasteiger partial charge in [0.25, 0.3) is 0 Å². The molecule has 2 aliphatic carbocycles. The Morgan fingerprint density at radius 2 is 1.87 bits per heavy atom. The number of carbonyl (C=O) groups excluding carboxylic acids is 2. The largest absolute Gasteiger partial charge is 0.444 e. The number of amides is 2. The highest BCUT2D eigenvalue weighted by Crippen LogP contribution is 2.50. The highest BCUT2D eigenvalue weighted by molar-refractivity contribution is 5.98. The average molecular weight is 526 g/mol. The van der Waals surface area contributed by atoms with E-state index in [1.54, 1.807) is 6.07 Å². The molecule has 0 bridgehead atoms. The van der Waals surface area contributed by atoms with Crippen molar-refractivity contribution in [2.24, 2.45) is 11.8 Å². The zero-order valence-corrected chi connectivity index (χ0v) is 22.3. The van der Waals surface area contributed by atoms with Crippen LogP contribution in [0.25, 0.3) is 0 Å². The van der Waals surface area contributed by atoms with Gasteiger partial charge in [0, 0.05) is 48.6 Å². The second kappa shape index (κ2) is 9.77. The van der Waals surface area contributed by atoms with Crippen LogP contribution < -0.4 is 4.90 Å². The first-order chi connectivity index (χ1) is 18.5. The van der Waals surface area contributed by atoms with E-state index in [1.165, 1.54) is 12.5 Å². The van der Waals surface area contributed by atoms with Gasteiger partial charge in [-0.2, -0.15) is 0 Å². The van der Waals surface area contributed by atoms with Gasteiger partial charge in [-0.3, -0.25) is 4.79 Å². The number of likely N-dealkylation sites (tertiary alicyclic amines) is 2. The lowest BCUT2D eigenvalue weighted by atomic mass is 9.74. The van der Waals surface area contributed by atoms with Crippen molar-refractivity contribution in [2.45, 2.75) is 87.8 Å². The molecule has 7 nitrogen and oxygen atoms in total. The Balaban J connectivity index is 1.02. The number of halogens is 1. The van der Waals surface area contributed by atoms with E-state index in [0.717, 1.165) is 88.7 Å². The molecule has 2 amide bonds. The third-order valence-electron chi connectivity index (χ3n) is 10.7. The molecular formula is C30H40FN3O4. The molecule has 38 heavy (non-hydrogen) atoms. The molecule has 3 unspecified atom stereocenters. The number of fused-ring (bicyclic) bond motifs is 3. The van der Waals surface area contributed by atoms with Crippen LogP contribution in [0.4, 0.5) is 14.9 Å². The lowest BCUT2D eigenvalue weighted by molar-refractivity contribution is -0.124. The van der Waals surface area contributed by atoms with Gasteiger partial charge in [0.15, 0.2) is 0 Å². The number of ether oxygens (including phenoxy) is 2. The first-order valence-corrected chi connectivity index (χ1v) is 14.9. The van der Waals surface area contributed by atoms with Crippen LogP contribution in [0.2, 0.25) is 0 Å². The van der Waals surface area contributed by atoms with E-state index in [0.29, 0.717) is 31.7 Å². The second-order valence-electron chi connectivity index (χ2n) is 12.7. The standard InChI is InChI=1S/C30H40FN3O4/c31-22-6-7-26-25(16-22)30(19-34(26)28(35)20-3-1-4-20)9-12-32(13-10-30)23-15-21-5-2-11-33(27(21)17-23)29(36)38-24-8-14-37-18-24/h6-7,16,20-21,23-24,27H,1-5,8-15,17-19H2/t21?,23?,24-,27?/m1/s1. The summed E-state index contributed by atoms with van der Waals surface area (Å²) in [5, 5.41) is 0. The Morgan fingerprint density at radius 3 is 2.61 bits per heavy atom. The summed E-state index contributed by atoms with van der Waals surface area (Å²) in [4.78, 5) is 32.9. The summed E-state index contributed by atoms with van der Waals surface area (Å²) < 4.78 is 25.6. The Bertz CT molecular complexity index is 1080. The minimum Gasteiger partial charge on any atom is -0.444 e. The summed E-state index contributed by atoms with van der Waals surface area (Å²) in [6, 6.07) is 5.76. The molecule has 4 atom stereocenters. The fourth-order valence-electron chi connectivity index (χ4n) is 8.25. The number of nitrogens with zero attached hydrogens (tertiary/aromatic N) is 3. The van der Waals surface area contributed by atoms with Gasteiger partial charge in [-0.05, 0) is 94.1 Å². The molecule has 3 saturated heterocycles. The summed E-state index contributed by atoms with van der Waals surface area (Å²) >= 11 is 0. The van der Waals surface area contributed by atoms with Gasteiger partial charge in [-0.1, -0.05) is 6.42 Å². The van der Waals surface area contributed by atoms with Gasteiger partial charge in [0.1, 0.15) is 11.9 Å². The third-order valence-corrected chi connectivity index (χ3v) is 10.7. The smallest absolute Gasteiger partial charge is 0.410 e. The maximum atomic E-state index is 14.4. The van der Waals surface area contributed by atoms with Crippen LogP contribution in [0.15, 0.2) is 18.2 Å². The van der Waals surface area contributed by atoms with Crippen LogP contribution in [-0.4, -0.2) is 79.4 Å². The molecule has 1 aromatic carbocycles. The molecule has 0 aromatic heterocycles. The van der Waals surface area contributed by atoms with Crippen LogP contribution in [0.3, 0.4) is 0 Å². The van der Waals surface area contributed by atoms with Crippen molar-refractivity contribution in [1.82, 2.24) is 9.80 Å². The summed E-state index contributed by atoms with van der Waals surface area (Å²) in [6.45, 7) is 4.57. The summed E-state index contributed by atoms with van der Waals surface area (Å²) in [5.74, 6) is 0.702. The van der Waals surface area contributed by atoms with Crippen molar-refractivity contribution in [3.05, 3.63) is 29.6 Å². The monoisotopic (exact) mass is 525 g/mol. The van der Waals surface area contributed by atoms with Crippen LogP contribution in [0, 0.1) is 17.7 Å². The topological polar surface area (TPSA) is 62.3 Å². The minimum atomic E-state index is -0.209. The Kier molecular flexibility index (Phi) is 6.38. The van der Waals surface area contributed by atoms with Crippen molar-refractivity contribution < 1.29 is 23.5 Å². The molecule has 7 rings (SSSR count). The maximum Gasteiger partial charge on any atom is 0.410 e. The molecule has 0 N–H and O–H groups in total. The number of anilines is 1. The SMILES string of the molecule is O=C(C1CCC1)N1CC2(CCN(C3CC4CCCN(C(=O)O[C@@H]5CCOC5)C4C3)CC2)c2cc(F)ccc21. The Morgan fingerprint density at radius 1 is 1.03 bits per heavy atom. The van der Waals surface area contributed by atoms with Gasteiger partial charge < -0.3 is 24.2 Å². The molecule has 1 aromatic rings. The number of rotatable bonds is 3. The van der Waals surface area contributed by atoms with E-state index < -0.39 is 0 Å². The molecule has 4 heterocycles. The molecule has 6 aliphatic rings. The third kappa shape index (κ3) is 4.23. The van der Waals surface area contributed by atoms with E-state index in [2.05, 4.69) is 4.90 Å². The molecule has 206 valence electrons. The van der Waals surface area contributed by atoms with E-state index in [-0.39, 0.29) is 41.3 Å². The highest BCUT2D eigenvalue weighted by atomic mass is 19.1. The Labute approximate surface area is 224 Å². The van der Waals surface area contributed by atoms with Gasteiger partial charge in [0.05, 0.1) is 13.2 Å². The summed E-state index contributed by atoms with van der Waals surface area (Å²) in [6.07, 6.45) is 9.87. The first kappa shape index (κ1) is 24.8. The number of carbonyl (C=O) groups is 2. The number of piperidine rings is 2. The Hall–Kier alpha value is -2.19. The van der Waals surface area contributed by atoms with Gasteiger partial charge in [-0.15, -0.1) is 0 Å². The number of benzene rings is 1. The quantitative estimate of drug-likeness (QED) is 0.583. The van der Waals surface area contributed by atoms with Crippen LogP contribution in [0.1, 0.15) is 69.8 Å². The van der Waals surface area contributed by atoms with Crippen LogP contribution in [-0.2, 0) is 19.7 Å². The van der Waals surface area contributed by atoms with Crippen LogP contribution >= 0.6 is 0 Å². The normalized spacial score (nSPS) is 32.8. The van der Waals surface area contributed by atoms with E-state index in [4.69, 9.17) is 9.47 Å². The molecule has 0 radical (unpaired) electrons. The number of hydrogen-bond acceptors (Lipinski definition) is 5. The van der Waals surface area contributed by atoms with E-state index in [9.17, 15) is 14.0 Å². The molecule has 2 saturated carbocycles. The van der Waals surface area contributed by atoms with Crippen LogP contribution in [0.5, 0.6) is 0 Å². The zero-order chi connectivity index (χ0) is 25.9. The molecule has 1 spiro atoms. The first-order valence-electron chi connectivity index (χ1n) is 14.9. The van der Waals surface area contributed by atoms with E-state index in [1.807, 2.05) is 15.9 Å². The van der Waals surface area contributed by atoms with Crippen molar-refractivity contribution >= 4 is 17.7 Å². The van der Waals surface area contributed by atoms with Crippen molar-refractivity contribution in [3.8, 4) is 0 Å². The average Bonchev–Trinajstić information content (AvgIpc) is 3.62. The fraction of sp³-hybridized carbons (Fsp3) is 0.733. The van der Waals surface area contributed by atoms with Gasteiger partial charge >= 0.3 is 6.09 Å². The van der Waals surface area contributed by atoms with Gasteiger partial charge in [-0.25, -0.2) is 9.18 Å². The van der Waals surface area contributed by atoms with Crippen molar-refractivity contribution in [3.63, 3.8) is 0 Å². The molecule has 4 aliphatic heterocycles. The lowest BCUT2D eigenvalue weighted by Gasteiger charge is -2.42. The maximum absolute atomic E-state index is 14.4. The predicted octanol–water partition coefficient (Wildman–Crippen LogP) is 4.47. The second-order valence-corrected chi connectivity index (χ2v) is 12.7. The van der Waals surface area contributed by atoms with Crippen molar-refractivity contribution in [2.75, 3.05) is 44.3 Å². The number of hydrogen-bond donors (Lipinski definition) is 0. The zero-order valence-electron chi connectivity index (χ0n) is 22.3. The van der Waals surface area contributed by atoms with Gasteiger partial charge in [0.2, 0.25) is 5.91 Å².